The molecule has 2 aromatic carbocycles. The highest BCUT2D eigenvalue weighted by Crippen LogP contribution is 2.29. The predicted molar refractivity (Wildman–Crippen MR) is 81.2 cm³/mol. The summed E-state index contributed by atoms with van der Waals surface area (Å²) in [6.07, 6.45) is 0. The Morgan fingerprint density at radius 2 is 2.00 bits per heavy atom. The zero-order valence-corrected chi connectivity index (χ0v) is 12.5. The first-order valence-electron chi connectivity index (χ1n) is 5.50. The van der Waals surface area contributed by atoms with Gasteiger partial charge in [0.15, 0.2) is 0 Å². The molecule has 2 nitrogen and oxygen atoms in total. The normalized spacial score (nSPS) is 10.3. The van der Waals surface area contributed by atoms with E-state index in [1.165, 1.54) is 12.1 Å². The monoisotopic (exact) mass is 339 g/mol. The van der Waals surface area contributed by atoms with Crippen LogP contribution in [-0.4, -0.2) is 4.99 Å². The molecule has 0 saturated heterocycles. The van der Waals surface area contributed by atoms with Crippen LogP contribution < -0.4 is 10.5 Å². The van der Waals surface area contributed by atoms with Crippen molar-refractivity contribution in [1.29, 1.82) is 0 Å². The van der Waals surface area contributed by atoms with Crippen molar-refractivity contribution in [1.82, 2.24) is 0 Å². The van der Waals surface area contributed by atoms with Gasteiger partial charge in [0.1, 0.15) is 22.3 Å². The van der Waals surface area contributed by atoms with Crippen molar-refractivity contribution in [2.45, 2.75) is 6.92 Å². The molecule has 0 atom stereocenters. The van der Waals surface area contributed by atoms with Crippen molar-refractivity contribution in [3.63, 3.8) is 0 Å². The third-order valence-electron chi connectivity index (χ3n) is 2.47. The van der Waals surface area contributed by atoms with Crippen LogP contribution in [0.2, 0.25) is 0 Å². The lowest BCUT2D eigenvalue weighted by atomic mass is 10.1. The average Bonchev–Trinajstić information content (AvgIpc) is 2.26. The SMILES string of the molecule is Cc1ccc(C(N)=S)c(Oc2cc(F)cc(Br)c2)c1. The molecule has 0 heterocycles. The first-order chi connectivity index (χ1) is 8.95. The molecule has 2 aromatic rings. The lowest BCUT2D eigenvalue weighted by molar-refractivity contribution is 0.475. The molecule has 0 saturated carbocycles. The van der Waals surface area contributed by atoms with Gasteiger partial charge in [-0.2, -0.15) is 0 Å². The first kappa shape index (κ1) is 14.0. The van der Waals surface area contributed by atoms with Crippen molar-refractivity contribution >= 4 is 33.1 Å². The molecule has 2 N–H and O–H groups in total. The standard InChI is InChI=1S/C14H11BrFNOS/c1-8-2-3-12(14(17)19)13(4-8)18-11-6-9(15)5-10(16)7-11/h2-7H,1H3,(H2,17,19). The lowest BCUT2D eigenvalue weighted by Crippen LogP contribution is -2.10. The Balaban J connectivity index is 2.42. The van der Waals surface area contributed by atoms with Crippen molar-refractivity contribution < 1.29 is 9.13 Å². The third kappa shape index (κ3) is 3.52. The molecule has 0 aliphatic heterocycles. The summed E-state index contributed by atoms with van der Waals surface area (Å²) in [7, 11) is 0. The molecule has 0 aromatic heterocycles. The molecule has 0 amide bonds. The van der Waals surface area contributed by atoms with Crippen LogP contribution >= 0.6 is 28.1 Å². The van der Waals surface area contributed by atoms with E-state index in [2.05, 4.69) is 15.9 Å². The molecule has 98 valence electrons. The molecular weight excluding hydrogens is 329 g/mol. The van der Waals surface area contributed by atoms with E-state index in [0.717, 1.165) is 5.56 Å². The summed E-state index contributed by atoms with van der Waals surface area (Å²) in [5.74, 6) is 0.522. The number of aryl methyl sites for hydroxylation is 1. The van der Waals surface area contributed by atoms with Gasteiger partial charge >= 0.3 is 0 Å². The molecule has 0 aliphatic rings. The van der Waals surface area contributed by atoms with Gasteiger partial charge < -0.3 is 10.5 Å². The fraction of sp³-hybridized carbons (Fsp3) is 0.0714. The zero-order chi connectivity index (χ0) is 14.0. The third-order valence-corrected chi connectivity index (χ3v) is 3.14. The second-order valence-electron chi connectivity index (χ2n) is 4.07. The number of halogens is 2. The van der Waals surface area contributed by atoms with Crippen molar-refractivity contribution in [2.24, 2.45) is 5.73 Å². The number of benzene rings is 2. The molecule has 19 heavy (non-hydrogen) atoms. The van der Waals surface area contributed by atoms with E-state index >= 15 is 0 Å². The van der Waals surface area contributed by atoms with Crippen LogP contribution in [-0.2, 0) is 0 Å². The molecular formula is C14H11BrFNOS. The number of nitrogens with two attached hydrogens (primary N) is 1. The Morgan fingerprint density at radius 3 is 2.63 bits per heavy atom. The van der Waals surface area contributed by atoms with Crippen LogP contribution in [0.3, 0.4) is 0 Å². The zero-order valence-electron chi connectivity index (χ0n) is 10.1. The Hall–Kier alpha value is -1.46. The minimum absolute atomic E-state index is 0.241. The fourth-order valence-corrected chi connectivity index (χ4v) is 2.24. The summed E-state index contributed by atoms with van der Waals surface area (Å²) in [6, 6.07) is 9.83. The Kier molecular flexibility index (Phi) is 4.17. The van der Waals surface area contributed by atoms with Gasteiger partial charge in [0.05, 0.1) is 5.56 Å². The summed E-state index contributed by atoms with van der Waals surface area (Å²) in [6.45, 7) is 1.93. The van der Waals surface area contributed by atoms with E-state index < -0.39 is 0 Å². The van der Waals surface area contributed by atoms with Gasteiger partial charge in [-0.05, 0) is 36.8 Å². The summed E-state index contributed by atoms with van der Waals surface area (Å²) in [5, 5.41) is 0. The largest absolute Gasteiger partial charge is 0.456 e. The maximum absolute atomic E-state index is 13.3. The highest BCUT2D eigenvalue weighted by Gasteiger charge is 2.09. The fourth-order valence-electron chi connectivity index (χ4n) is 1.63. The van der Waals surface area contributed by atoms with E-state index in [1.807, 2.05) is 19.1 Å². The number of hydrogen-bond acceptors (Lipinski definition) is 2. The molecule has 0 spiro atoms. The van der Waals surface area contributed by atoms with E-state index in [0.29, 0.717) is 21.5 Å². The van der Waals surface area contributed by atoms with Gasteiger partial charge in [-0.25, -0.2) is 4.39 Å². The Bertz CT molecular complexity index is 625. The van der Waals surface area contributed by atoms with Gasteiger partial charge in [-0.3, -0.25) is 0 Å². The number of ether oxygens (including phenoxy) is 1. The minimum atomic E-state index is -0.381. The minimum Gasteiger partial charge on any atom is -0.456 e. The summed E-state index contributed by atoms with van der Waals surface area (Å²) >= 11 is 8.19. The quantitative estimate of drug-likeness (QED) is 0.845. The second-order valence-corrected chi connectivity index (χ2v) is 5.43. The van der Waals surface area contributed by atoms with Gasteiger partial charge in [0.25, 0.3) is 0 Å². The van der Waals surface area contributed by atoms with Crippen molar-refractivity contribution in [3.8, 4) is 11.5 Å². The van der Waals surface area contributed by atoms with Crippen LogP contribution in [0.5, 0.6) is 11.5 Å². The van der Waals surface area contributed by atoms with Crippen LogP contribution in [0.1, 0.15) is 11.1 Å². The lowest BCUT2D eigenvalue weighted by Gasteiger charge is -2.11. The van der Waals surface area contributed by atoms with E-state index in [1.54, 1.807) is 12.1 Å². The average molecular weight is 340 g/mol. The molecule has 5 heteroatoms. The molecule has 0 aliphatic carbocycles. The molecule has 0 radical (unpaired) electrons. The van der Waals surface area contributed by atoms with E-state index in [9.17, 15) is 4.39 Å². The summed E-state index contributed by atoms with van der Waals surface area (Å²) in [4.78, 5) is 0.241. The van der Waals surface area contributed by atoms with Crippen molar-refractivity contribution in [3.05, 3.63) is 57.8 Å². The highest BCUT2D eigenvalue weighted by molar-refractivity contribution is 9.10. The van der Waals surface area contributed by atoms with Crippen LogP contribution in [0.15, 0.2) is 40.9 Å². The smallest absolute Gasteiger partial charge is 0.137 e. The molecule has 0 fully saturated rings. The van der Waals surface area contributed by atoms with Crippen LogP contribution in [0, 0.1) is 12.7 Å². The van der Waals surface area contributed by atoms with Crippen LogP contribution in [0.25, 0.3) is 0 Å². The summed E-state index contributed by atoms with van der Waals surface area (Å²) < 4.78 is 19.6. The maximum atomic E-state index is 13.3. The first-order valence-corrected chi connectivity index (χ1v) is 6.70. The van der Waals surface area contributed by atoms with Gasteiger partial charge in [0, 0.05) is 10.5 Å². The second kappa shape index (κ2) is 5.67. The van der Waals surface area contributed by atoms with Gasteiger partial charge in [-0.15, -0.1) is 0 Å². The number of hydrogen-bond donors (Lipinski definition) is 1. The van der Waals surface area contributed by atoms with Crippen molar-refractivity contribution in [2.75, 3.05) is 0 Å². The highest BCUT2D eigenvalue weighted by atomic mass is 79.9. The van der Waals surface area contributed by atoms with Gasteiger partial charge in [0.2, 0.25) is 0 Å². The summed E-state index contributed by atoms with van der Waals surface area (Å²) in [5.41, 5.74) is 7.28. The maximum Gasteiger partial charge on any atom is 0.137 e. The number of thiocarbonyl (C=S) groups is 1. The van der Waals surface area contributed by atoms with E-state index in [-0.39, 0.29) is 10.8 Å². The number of rotatable bonds is 3. The predicted octanol–water partition coefficient (Wildman–Crippen LogP) is 4.32. The van der Waals surface area contributed by atoms with E-state index in [4.69, 9.17) is 22.7 Å². The topological polar surface area (TPSA) is 35.2 Å². The van der Waals surface area contributed by atoms with Gasteiger partial charge in [-0.1, -0.05) is 34.2 Å². The Morgan fingerprint density at radius 1 is 1.26 bits per heavy atom. The molecule has 0 unspecified atom stereocenters. The Labute approximate surface area is 124 Å². The molecule has 0 bridgehead atoms. The van der Waals surface area contributed by atoms with Crippen LogP contribution in [0.4, 0.5) is 4.39 Å². The molecule has 2 rings (SSSR count).